The molecular formula is C16H15BrN2O2. The van der Waals surface area contributed by atoms with Crippen LogP contribution in [0, 0.1) is 0 Å². The molecule has 0 saturated carbocycles. The van der Waals surface area contributed by atoms with E-state index in [0.717, 1.165) is 10.0 Å². The van der Waals surface area contributed by atoms with Crippen molar-refractivity contribution < 1.29 is 9.59 Å². The number of rotatable bonds is 4. The minimum Gasteiger partial charge on any atom is -0.366 e. The van der Waals surface area contributed by atoms with Crippen molar-refractivity contribution >= 4 is 27.7 Å². The average molecular weight is 347 g/mol. The van der Waals surface area contributed by atoms with Gasteiger partial charge in [-0.3, -0.25) is 9.59 Å². The Kier molecular flexibility index (Phi) is 4.75. The number of carbonyl (C=O) groups excluding carboxylic acids is 2. The van der Waals surface area contributed by atoms with E-state index in [2.05, 4.69) is 15.9 Å². The zero-order valence-corrected chi connectivity index (χ0v) is 13.1. The monoisotopic (exact) mass is 346 g/mol. The predicted molar refractivity (Wildman–Crippen MR) is 84.9 cm³/mol. The molecular weight excluding hydrogens is 332 g/mol. The third kappa shape index (κ3) is 3.92. The molecule has 2 amide bonds. The van der Waals surface area contributed by atoms with Gasteiger partial charge in [0.25, 0.3) is 5.91 Å². The van der Waals surface area contributed by atoms with Crippen LogP contribution in [0.1, 0.15) is 26.3 Å². The highest BCUT2D eigenvalue weighted by Crippen LogP contribution is 2.13. The van der Waals surface area contributed by atoms with Crippen molar-refractivity contribution in [2.75, 3.05) is 7.05 Å². The summed E-state index contributed by atoms with van der Waals surface area (Å²) in [5, 5.41) is 0. The number of benzene rings is 2. The first-order valence-electron chi connectivity index (χ1n) is 6.37. The lowest BCUT2D eigenvalue weighted by atomic mass is 10.1. The maximum atomic E-state index is 12.3. The van der Waals surface area contributed by atoms with Crippen LogP contribution in [-0.2, 0) is 6.54 Å². The van der Waals surface area contributed by atoms with E-state index in [-0.39, 0.29) is 5.91 Å². The molecule has 4 nitrogen and oxygen atoms in total. The lowest BCUT2D eigenvalue weighted by Gasteiger charge is -2.17. The van der Waals surface area contributed by atoms with Gasteiger partial charge in [-0.25, -0.2) is 0 Å². The largest absolute Gasteiger partial charge is 0.366 e. The summed E-state index contributed by atoms with van der Waals surface area (Å²) in [4.78, 5) is 24.9. The summed E-state index contributed by atoms with van der Waals surface area (Å²) in [6, 6.07) is 14.1. The Hall–Kier alpha value is -2.14. The molecule has 0 heterocycles. The third-order valence-corrected chi connectivity index (χ3v) is 3.62. The Bertz CT molecular complexity index is 651. The van der Waals surface area contributed by atoms with Crippen LogP contribution in [0.4, 0.5) is 0 Å². The Morgan fingerprint density at radius 1 is 1.00 bits per heavy atom. The average Bonchev–Trinajstić information content (AvgIpc) is 2.49. The lowest BCUT2D eigenvalue weighted by molar-refractivity contribution is 0.0784. The Balaban J connectivity index is 2.08. The van der Waals surface area contributed by atoms with Crippen molar-refractivity contribution in [3.05, 3.63) is 69.7 Å². The molecule has 0 aliphatic carbocycles. The topological polar surface area (TPSA) is 63.4 Å². The fraction of sp³-hybridized carbons (Fsp3) is 0.125. The predicted octanol–water partition coefficient (Wildman–Crippen LogP) is 2.82. The summed E-state index contributed by atoms with van der Waals surface area (Å²) >= 11 is 3.38. The van der Waals surface area contributed by atoms with E-state index < -0.39 is 5.91 Å². The number of amides is 2. The van der Waals surface area contributed by atoms with E-state index in [0.29, 0.717) is 17.7 Å². The summed E-state index contributed by atoms with van der Waals surface area (Å²) in [6.45, 7) is 0.518. The number of nitrogens with zero attached hydrogens (tertiary/aromatic N) is 1. The van der Waals surface area contributed by atoms with Crippen molar-refractivity contribution in [3.63, 3.8) is 0 Å². The van der Waals surface area contributed by atoms with Gasteiger partial charge in [-0.05, 0) is 42.0 Å². The van der Waals surface area contributed by atoms with Gasteiger partial charge in [0.1, 0.15) is 0 Å². The summed E-state index contributed by atoms with van der Waals surface area (Å²) in [6.07, 6.45) is 0. The fourth-order valence-electron chi connectivity index (χ4n) is 1.93. The number of halogens is 1. The van der Waals surface area contributed by atoms with E-state index in [1.54, 1.807) is 36.2 Å². The maximum Gasteiger partial charge on any atom is 0.253 e. The first-order chi connectivity index (χ1) is 9.97. The van der Waals surface area contributed by atoms with E-state index in [9.17, 15) is 9.59 Å². The lowest BCUT2D eigenvalue weighted by Crippen LogP contribution is -2.26. The number of hydrogen-bond acceptors (Lipinski definition) is 2. The number of nitrogens with two attached hydrogens (primary N) is 1. The van der Waals surface area contributed by atoms with Crippen LogP contribution in [0.5, 0.6) is 0 Å². The molecule has 0 spiro atoms. The highest BCUT2D eigenvalue weighted by Gasteiger charge is 2.12. The Morgan fingerprint density at radius 3 is 2.05 bits per heavy atom. The van der Waals surface area contributed by atoms with Crippen molar-refractivity contribution in [2.45, 2.75) is 6.54 Å². The molecule has 5 heteroatoms. The van der Waals surface area contributed by atoms with Crippen LogP contribution < -0.4 is 5.73 Å². The second-order valence-electron chi connectivity index (χ2n) is 4.73. The number of hydrogen-bond donors (Lipinski definition) is 1. The highest BCUT2D eigenvalue weighted by molar-refractivity contribution is 9.10. The number of primary amides is 1. The van der Waals surface area contributed by atoms with Gasteiger partial charge >= 0.3 is 0 Å². The highest BCUT2D eigenvalue weighted by atomic mass is 79.9. The molecule has 0 radical (unpaired) electrons. The normalized spacial score (nSPS) is 10.2. The van der Waals surface area contributed by atoms with Gasteiger partial charge in [-0.2, -0.15) is 0 Å². The Labute approximate surface area is 131 Å². The van der Waals surface area contributed by atoms with Gasteiger partial charge in [0.05, 0.1) is 0 Å². The molecule has 2 N–H and O–H groups in total. The Morgan fingerprint density at radius 2 is 1.52 bits per heavy atom. The molecule has 0 bridgehead atoms. The molecule has 0 unspecified atom stereocenters. The first kappa shape index (κ1) is 15.3. The van der Waals surface area contributed by atoms with Gasteiger partial charge < -0.3 is 10.6 Å². The van der Waals surface area contributed by atoms with E-state index in [1.165, 1.54) is 0 Å². The maximum absolute atomic E-state index is 12.3. The minimum atomic E-state index is -0.503. The smallest absolute Gasteiger partial charge is 0.253 e. The molecule has 0 saturated heterocycles. The van der Waals surface area contributed by atoms with Gasteiger partial charge in [-0.15, -0.1) is 0 Å². The summed E-state index contributed by atoms with van der Waals surface area (Å²) in [5.74, 6) is -0.605. The molecule has 2 rings (SSSR count). The quantitative estimate of drug-likeness (QED) is 0.924. The van der Waals surface area contributed by atoms with Gasteiger partial charge in [0.2, 0.25) is 5.91 Å². The van der Waals surface area contributed by atoms with Crippen LogP contribution in [0.3, 0.4) is 0 Å². The SMILES string of the molecule is CN(Cc1ccc(Br)cc1)C(=O)c1ccc(C(N)=O)cc1. The second kappa shape index (κ2) is 6.54. The molecule has 2 aromatic carbocycles. The van der Waals surface area contributed by atoms with Crippen molar-refractivity contribution in [1.82, 2.24) is 4.90 Å². The van der Waals surface area contributed by atoms with Crippen LogP contribution in [-0.4, -0.2) is 23.8 Å². The van der Waals surface area contributed by atoms with Crippen molar-refractivity contribution in [2.24, 2.45) is 5.73 Å². The molecule has 21 heavy (non-hydrogen) atoms. The molecule has 2 aromatic rings. The molecule has 108 valence electrons. The van der Waals surface area contributed by atoms with Gasteiger partial charge in [-0.1, -0.05) is 28.1 Å². The van der Waals surface area contributed by atoms with Crippen LogP contribution >= 0.6 is 15.9 Å². The van der Waals surface area contributed by atoms with Gasteiger partial charge in [0.15, 0.2) is 0 Å². The van der Waals surface area contributed by atoms with Crippen LogP contribution in [0.2, 0.25) is 0 Å². The van der Waals surface area contributed by atoms with Gasteiger partial charge in [0, 0.05) is 29.2 Å². The fourth-order valence-corrected chi connectivity index (χ4v) is 2.20. The van der Waals surface area contributed by atoms with E-state index in [1.807, 2.05) is 24.3 Å². The van der Waals surface area contributed by atoms with Crippen LogP contribution in [0.25, 0.3) is 0 Å². The molecule has 0 aromatic heterocycles. The molecule has 0 fully saturated rings. The second-order valence-corrected chi connectivity index (χ2v) is 5.64. The van der Waals surface area contributed by atoms with Crippen molar-refractivity contribution in [3.8, 4) is 0 Å². The molecule has 0 atom stereocenters. The third-order valence-electron chi connectivity index (χ3n) is 3.10. The molecule has 0 aliphatic heterocycles. The van der Waals surface area contributed by atoms with Crippen molar-refractivity contribution in [1.29, 1.82) is 0 Å². The minimum absolute atomic E-state index is 0.103. The molecule has 0 aliphatic rings. The summed E-state index contributed by atoms with van der Waals surface area (Å²) < 4.78 is 1.00. The van der Waals surface area contributed by atoms with E-state index in [4.69, 9.17) is 5.73 Å². The number of carbonyl (C=O) groups is 2. The summed E-state index contributed by atoms with van der Waals surface area (Å²) in [5.41, 5.74) is 7.14. The zero-order chi connectivity index (χ0) is 15.4. The zero-order valence-electron chi connectivity index (χ0n) is 11.5. The standard InChI is InChI=1S/C16H15BrN2O2/c1-19(10-11-2-8-14(17)9-3-11)16(21)13-6-4-12(5-7-13)15(18)20/h2-9H,10H2,1H3,(H2,18,20). The first-order valence-corrected chi connectivity index (χ1v) is 7.16. The summed E-state index contributed by atoms with van der Waals surface area (Å²) in [7, 11) is 1.74. The van der Waals surface area contributed by atoms with E-state index >= 15 is 0 Å². The van der Waals surface area contributed by atoms with Crippen LogP contribution in [0.15, 0.2) is 53.0 Å².